The number of hydrogen-bond donors (Lipinski definition) is 0. The molecule has 5 nitrogen and oxygen atoms in total. The number of para-hydroxylation sites is 1. The van der Waals surface area contributed by atoms with Crippen LogP contribution < -0.4 is 4.74 Å². The average Bonchev–Trinajstić information content (AvgIpc) is 3.16. The first kappa shape index (κ1) is 19.2. The lowest BCUT2D eigenvalue weighted by Crippen LogP contribution is -2.43. The zero-order chi connectivity index (χ0) is 18.7. The Morgan fingerprint density at radius 3 is 2.73 bits per heavy atom. The number of sulfone groups is 1. The minimum atomic E-state index is -3.09. The van der Waals surface area contributed by atoms with Crippen molar-refractivity contribution in [1.82, 2.24) is 4.90 Å². The monoisotopic (exact) mass is 413 g/mol. The van der Waals surface area contributed by atoms with Gasteiger partial charge in [-0.05, 0) is 42.5 Å². The lowest BCUT2D eigenvalue weighted by atomic mass is 10.2. The summed E-state index contributed by atoms with van der Waals surface area (Å²) in [5, 5.41) is 2.41. The van der Waals surface area contributed by atoms with Crippen molar-refractivity contribution in [1.29, 1.82) is 0 Å². The molecule has 0 spiro atoms. The molecule has 1 unspecified atom stereocenters. The standard InChI is InChI=1S/C18H20ClNO4S2/c1-13-6-8-25-17(13)10-20(14-7-9-26(22,23)12-14)18(21)11-24-16-5-3-2-4-15(16)19/h2-6,8,14H,7,9-12H2,1H3. The summed E-state index contributed by atoms with van der Waals surface area (Å²) in [7, 11) is -3.09. The van der Waals surface area contributed by atoms with Crippen LogP contribution in [0.1, 0.15) is 16.9 Å². The second kappa shape index (κ2) is 7.98. The van der Waals surface area contributed by atoms with Crippen LogP contribution in [0.15, 0.2) is 35.7 Å². The molecule has 1 aliphatic heterocycles. The Kier molecular flexibility index (Phi) is 5.89. The molecule has 1 aliphatic rings. The molecular weight excluding hydrogens is 394 g/mol. The quantitative estimate of drug-likeness (QED) is 0.728. The first-order valence-electron chi connectivity index (χ1n) is 8.26. The van der Waals surface area contributed by atoms with E-state index in [0.717, 1.165) is 10.4 Å². The van der Waals surface area contributed by atoms with E-state index in [-0.39, 0.29) is 30.1 Å². The van der Waals surface area contributed by atoms with E-state index in [0.29, 0.717) is 23.7 Å². The summed E-state index contributed by atoms with van der Waals surface area (Å²) >= 11 is 7.63. The largest absolute Gasteiger partial charge is 0.482 e. The highest BCUT2D eigenvalue weighted by molar-refractivity contribution is 7.91. The van der Waals surface area contributed by atoms with Gasteiger partial charge in [0.2, 0.25) is 0 Å². The van der Waals surface area contributed by atoms with Gasteiger partial charge in [0.25, 0.3) is 5.91 Å². The van der Waals surface area contributed by atoms with Gasteiger partial charge in [-0.3, -0.25) is 4.79 Å². The summed E-state index contributed by atoms with van der Waals surface area (Å²) in [5.74, 6) is 0.333. The average molecular weight is 414 g/mol. The topological polar surface area (TPSA) is 63.7 Å². The lowest BCUT2D eigenvalue weighted by Gasteiger charge is -2.28. The van der Waals surface area contributed by atoms with E-state index in [4.69, 9.17) is 16.3 Å². The number of aryl methyl sites for hydroxylation is 1. The molecule has 1 atom stereocenters. The number of hydrogen-bond acceptors (Lipinski definition) is 5. The van der Waals surface area contributed by atoms with E-state index in [1.807, 2.05) is 18.4 Å². The van der Waals surface area contributed by atoms with Crippen LogP contribution in [-0.2, 0) is 21.2 Å². The van der Waals surface area contributed by atoms with Crippen molar-refractivity contribution in [3.8, 4) is 5.75 Å². The van der Waals surface area contributed by atoms with Gasteiger partial charge >= 0.3 is 0 Å². The predicted molar refractivity (Wildman–Crippen MR) is 104 cm³/mol. The summed E-state index contributed by atoms with van der Waals surface area (Å²) in [4.78, 5) is 15.5. The maximum Gasteiger partial charge on any atom is 0.261 e. The van der Waals surface area contributed by atoms with E-state index in [9.17, 15) is 13.2 Å². The Morgan fingerprint density at radius 1 is 1.35 bits per heavy atom. The maximum absolute atomic E-state index is 12.8. The smallest absolute Gasteiger partial charge is 0.261 e. The summed E-state index contributed by atoms with van der Waals surface area (Å²) < 4.78 is 29.3. The number of rotatable bonds is 6. The highest BCUT2D eigenvalue weighted by atomic mass is 35.5. The zero-order valence-electron chi connectivity index (χ0n) is 14.4. The lowest BCUT2D eigenvalue weighted by molar-refractivity contribution is -0.135. The number of nitrogens with zero attached hydrogens (tertiary/aromatic N) is 1. The third-order valence-corrected chi connectivity index (χ3v) is 7.51. The van der Waals surface area contributed by atoms with Gasteiger partial charge in [0, 0.05) is 10.9 Å². The number of halogens is 1. The minimum absolute atomic E-state index is 0.00918. The minimum Gasteiger partial charge on any atom is -0.482 e. The van der Waals surface area contributed by atoms with Crippen molar-refractivity contribution in [2.24, 2.45) is 0 Å². The third-order valence-electron chi connectivity index (χ3n) is 4.44. The molecule has 1 aromatic heterocycles. The number of ether oxygens (including phenoxy) is 1. The van der Waals surface area contributed by atoms with E-state index in [1.54, 1.807) is 40.5 Å². The number of thiophene rings is 1. The number of benzene rings is 1. The van der Waals surface area contributed by atoms with Crippen LogP contribution in [0, 0.1) is 6.92 Å². The van der Waals surface area contributed by atoms with Crippen molar-refractivity contribution < 1.29 is 17.9 Å². The molecule has 140 valence electrons. The second-order valence-corrected chi connectivity index (χ2v) is 9.96. The van der Waals surface area contributed by atoms with Gasteiger partial charge in [0.15, 0.2) is 16.4 Å². The highest BCUT2D eigenvalue weighted by Crippen LogP contribution is 2.26. The molecule has 1 fully saturated rings. The molecule has 1 saturated heterocycles. The predicted octanol–water partition coefficient (Wildman–Crippen LogP) is 3.30. The Bertz CT molecular complexity index is 894. The molecule has 3 rings (SSSR count). The fourth-order valence-corrected chi connectivity index (χ4v) is 5.77. The second-order valence-electron chi connectivity index (χ2n) is 6.32. The van der Waals surface area contributed by atoms with E-state index < -0.39 is 9.84 Å². The SMILES string of the molecule is Cc1ccsc1CN(C(=O)COc1ccccc1Cl)C1CCS(=O)(=O)C1. The van der Waals surface area contributed by atoms with Gasteiger partial charge in [0.1, 0.15) is 5.75 Å². The Balaban J connectivity index is 1.75. The molecule has 2 aromatic rings. The van der Waals surface area contributed by atoms with Crippen LogP contribution in [0.2, 0.25) is 5.02 Å². The number of carbonyl (C=O) groups is 1. The van der Waals surface area contributed by atoms with E-state index in [2.05, 4.69) is 0 Å². The van der Waals surface area contributed by atoms with Gasteiger partial charge in [-0.15, -0.1) is 11.3 Å². The first-order valence-corrected chi connectivity index (χ1v) is 11.3. The van der Waals surface area contributed by atoms with Gasteiger partial charge in [-0.25, -0.2) is 8.42 Å². The molecule has 26 heavy (non-hydrogen) atoms. The van der Waals surface area contributed by atoms with Gasteiger partial charge in [-0.1, -0.05) is 23.7 Å². The fraction of sp³-hybridized carbons (Fsp3) is 0.389. The third kappa shape index (κ3) is 4.58. The summed E-state index contributed by atoms with van der Waals surface area (Å²) in [6.45, 7) is 2.21. The van der Waals surface area contributed by atoms with Crippen LogP contribution in [0.3, 0.4) is 0 Å². The molecular formula is C18H20ClNO4S2. The van der Waals surface area contributed by atoms with E-state index >= 15 is 0 Å². The molecule has 0 N–H and O–H groups in total. The molecule has 0 aliphatic carbocycles. The molecule has 0 bridgehead atoms. The normalized spacial score (nSPS) is 18.6. The van der Waals surface area contributed by atoms with Crippen molar-refractivity contribution in [2.45, 2.75) is 25.9 Å². The van der Waals surface area contributed by atoms with Gasteiger partial charge < -0.3 is 9.64 Å². The molecule has 8 heteroatoms. The fourth-order valence-electron chi connectivity index (χ4n) is 2.95. The highest BCUT2D eigenvalue weighted by Gasteiger charge is 2.35. The van der Waals surface area contributed by atoms with Crippen molar-refractivity contribution in [3.05, 3.63) is 51.2 Å². The summed E-state index contributed by atoms with van der Waals surface area (Å²) in [6, 6.07) is 8.63. The maximum atomic E-state index is 12.8. The first-order chi connectivity index (χ1) is 12.4. The van der Waals surface area contributed by atoms with Crippen LogP contribution in [0.4, 0.5) is 0 Å². The van der Waals surface area contributed by atoms with Crippen LogP contribution in [0.25, 0.3) is 0 Å². The Labute approximate surface area is 162 Å². The Hall–Kier alpha value is -1.57. The number of carbonyl (C=O) groups excluding carboxylic acids is 1. The number of amides is 1. The van der Waals surface area contributed by atoms with E-state index in [1.165, 1.54) is 0 Å². The zero-order valence-corrected chi connectivity index (χ0v) is 16.7. The van der Waals surface area contributed by atoms with Crippen molar-refractivity contribution in [3.63, 3.8) is 0 Å². The summed E-state index contributed by atoms with van der Waals surface area (Å²) in [5.41, 5.74) is 1.10. The van der Waals surface area contributed by atoms with Crippen LogP contribution in [0.5, 0.6) is 5.75 Å². The molecule has 2 heterocycles. The van der Waals surface area contributed by atoms with Gasteiger partial charge in [0.05, 0.1) is 23.1 Å². The molecule has 0 radical (unpaired) electrons. The van der Waals surface area contributed by atoms with Gasteiger partial charge in [-0.2, -0.15) is 0 Å². The van der Waals surface area contributed by atoms with Crippen LogP contribution in [-0.4, -0.2) is 43.4 Å². The van der Waals surface area contributed by atoms with Crippen molar-refractivity contribution >= 4 is 38.7 Å². The summed E-state index contributed by atoms with van der Waals surface area (Å²) in [6.07, 6.45) is 0.463. The molecule has 1 aromatic carbocycles. The van der Waals surface area contributed by atoms with Crippen LogP contribution >= 0.6 is 22.9 Å². The Morgan fingerprint density at radius 2 is 2.12 bits per heavy atom. The molecule has 0 saturated carbocycles. The molecule has 1 amide bonds. The van der Waals surface area contributed by atoms with Crippen molar-refractivity contribution in [2.75, 3.05) is 18.1 Å².